The number of halogens is 2. The van der Waals surface area contributed by atoms with Gasteiger partial charge in [-0.1, -0.05) is 53.8 Å². The van der Waals surface area contributed by atoms with Crippen molar-refractivity contribution in [2.45, 2.75) is 13.0 Å². The van der Waals surface area contributed by atoms with Gasteiger partial charge in [0.1, 0.15) is 11.5 Å². The van der Waals surface area contributed by atoms with Crippen LogP contribution in [0.15, 0.2) is 82.1 Å². The van der Waals surface area contributed by atoms with E-state index in [1.165, 1.54) is 11.3 Å². The van der Waals surface area contributed by atoms with Gasteiger partial charge in [0.2, 0.25) is 0 Å². The Kier molecular flexibility index (Phi) is 8.76. The van der Waals surface area contributed by atoms with Gasteiger partial charge in [-0.2, -0.15) is 0 Å². The molecule has 40 heavy (non-hydrogen) atoms. The van der Waals surface area contributed by atoms with Crippen molar-refractivity contribution in [3.63, 3.8) is 0 Å². The summed E-state index contributed by atoms with van der Waals surface area (Å²) in [6, 6.07) is 20.1. The van der Waals surface area contributed by atoms with E-state index in [1.54, 1.807) is 25.7 Å². The first-order valence-electron chi connectivity index (χ1n) is 12.3. The molecular formula is C30H24I2N2O5S. The average Bonchev–Trinajstić information content (AvgIpc) is 3.27. The van der Waals surface area contributed by atoms with Crippen LogP contribution in [-0.2, 0) is 9.53 Å². The molecule has 7 nitrogen and oxygen atoms in total. The summed E-state index contributed by atoms with van der Waals surface area (Å²) in [4.78, 5) is 33.0. The highest BCUT2D eigenvalue weighted by atomic mass is 127. The minimum atomic E-state index is -0.741. The number of hydrogen-bond donors (Lipinski definition) is 0. The number of hydrogen-bond acceptors (Lipinski definition) is 7. The van der Waals surface area contributed by atoms with Crippen LogP contribution in [0.4, 0.5) is 0 Å². The summed E-state index contributed by atoms with van der Waals surface area (Å²) in [7, 11) is 3.24. The Hall–Kier alpha value is -2.97. The molecule has 1 atom stereocenters. The number of esters is 1. The second-order valence-corrected chi connectivity index (χ2v) is 12.1. The largest absolute Gasteiger partial charge is 0.497 e. The minimum absolute atomic E-state index is 0.193. The van der Waals surface area contributed by atoms with Crippen LogP contribution < -0.4 is 24.4 Å². The molecule has 2 heterocycles. The molecule has 0 fully saturated rings. The zero-order chi connectivity index (χ0) is 28.4. The molecule has 0 amide bonds. The molecule has 1 aliphatic heterocycles. The van der Waals surface area contributed by atoms with Crippen LogP contribution >= 0.6 is 56.5 Å². The third-order valence-corrected chi connectivity index (χ3v) is 8.91. The minimum Gasteiger partial charge on any atom is -0.497 e. The molecule has 10 heteroatoms. The van der Waals surface area contributed by atoms with Crippen LogP contribution in [0.2, 0.25) is 0 Å². The SMILES string of the molecule is CCOC(=O)C1=C(c2ccccc2)N=c2s/c(=C\c3cc(I)c(OC)c(I)c3)c(=O)n2[C@H]1c1ccc(OC)cc1. The van der Waals surface area contributed by atoms with Gasteiger partial charge in [-0.05, 0) is 93.6 Å². The van der Waals surface area contributed by atoms with Crippen LogP contribution in [0.3, 0.4) is 0 Å². The summed E-state index contributed by atoms with van der Waals surface area (Å²) in [6.45, 7) is 1.95. The van der Waals surface area contributed by atoms with Gasteiger partial charge < -0.3 is 14.2 Å². The summed E-state index contributed by atoms with van der Waals surface area (Å²) >= 11 is 5.74. The normalized spacial score (nSPS) is 14.9. The molecule has 204 valence electrons. The predicted molar refractivity (Wildman–Crippen MR) is 172 cm³/mol. The fraction of sp³-hybridized carbons (Fsp3) is 0.167. The Bertz CT molecular complexity index is 1770. The number of carbonyl (C=O) groups is 1. The molecule has 0 aliphatic carbocycles. The van der Waals surface area contributed by atoms with Crippen molar-refractivity contribution in [1.82, 2.24) is 4.57 Å². The molecule has 0 bridgehead atoms. The highest BCUT2D eigenvalue weighted by Crippen LogP contribution is 2.36. The van der Waals surface area contributed by atoms with Gasteiger partial charge in [0.25, 0.3) is 5.56 Å². The fourth-order valence-electron chi connectivity index (χ4n) is 4.55. The number of carbonyl (C=O) groups excluding carboxylic acids is 1. The maximum atomic E-state index is 14.0. The van der Waals surface area contributed by atoms with Gasteiger partial charge in [0, 0.05) is 5.56 Å². The molecule has 0 unspecified atom stereocenters. The van der Waals surface area contributed by atoms with E-state index in [-0.39, 0.29) is 12.2 Å². The zero-order valence-electron chi connectivity index (χ0n) is 21.8. The van der Waals surface area contributed by atoms with Gasteiger partial charge in [-0.15, -0.1) is 0 Å². The van der Waals surface area contributed by atoms with E-state index in [0.29, 0.717) is 26.4 Å². The Morgan fingerprint density at radius 1 is 1.02 bits per heavy atom. The maximum Gasteiger partial charge on any atom is 0.338 e. The third kappa shape index (κ3) is 5.48. The number of rotatable bonds is 7. The third-order valence-electron chi connectivity index (χ3n) is 6.33. The molecular weight excluding hydrogens is 754 g/mol. The molecule has 0 saturated carbocycles. The van der Waals surface area contributed by atoms with Crippen molar-refractivity contribution < 1.29 is 19.0 Å². The number of ether oxygens (including phenoxy) is 3. The van der Waals surface area contributed by atoms with E-state index in [4.69, 9.17) is 19.2 Å². The molecule has 0 N–H and O–H groups in total. The molecule has 3 aromatic carbocycles. The van der Waals surface area contributed by atoms with E-state index in [1.807, 2.05) is 72.8 Å². The zero-order valence-corrected chi connectivity index (χ0v) is 26.9. The van der Waals surface area contributed by atoms with E-state index in [9.17, 15) is 9.59 Å². The van der Waals surface area contributed by atoms with Crippen LogP contribution in [0.5, 0.6) is 11.5 Å². The van der Waals surface area contributed by atoms with Crippen molar-refractivity contribution in [2.24, 2.45) is 4.99 Å². The number of fused-ring (bicyclic) bond motifs is 1. The van der Waals surface area contributed by atoms with Crippen LogP contribution in [0, 0.1) is 7.14 Å². The smallest absolute Gasteiger partial charge is 0.338 e. The first-order valence-corrected chi connectivity index (χ1v) is 15.3. The van der Waals surface area contributed by atoms with Crippen molar-refractivity contribution in [1.29, 1.82) is 0 Å². The fourth-order valence-corrected chi connectivity index (χ4v) is 7.81. The standard InChI is InChI=1S/C30H24I2N2O5S/c1-4-39-29(36)24-25(18-8-6-5-7-9-18)33-30-34(26(24)19-10-12-20(37-2)13-11-19)28(35)23(40-30)16-17-14-21(31)27(38-3)22(32)15-17/h5-16,26H,4H2,1-3H3/b23-16-/t26-/m0/s1. The summed E-state index contributed by atoms with van der Waals surface area (Å²) in [6.07, 6.45) is 1.86. The molecule has 1 aliphatic rings. The van der Waals surface area contributed by atoms with Gasteiger partial charge in [-0.3, -0.25) is 9.36 Å². The van der Waals surface area contributed by atoms with Crippen molar-refractivity contribution in [3.8, 4) is 11.5 Å². The number of benzene rings is 3. The summed E-state index contributed by atoms with van der Waals surface area (Å²) in [5.41, 5.74) is 2.94. The number of aromatic nitrogens is 1. The lowest BCUT2D eigenvalue weighted by atomic mass is 9.93. The van der Waals surface area contributed by atoms with Crippen LogP contribution in [0.1, 0.15) is 29.7 Å². The van der Waals surface area contributed by atoms with Crippen LogP contribution in [0.25, 0.3) is 11.8 Å². The van der Waals surface area contributed by atoms with Crippen molar-refractivity contribution >= 4 is 74.3 Å². The quantitative estimate of drug-likeness (QED) is 0.192. The lowest BCUT2D eigenvalue weighted by molar-refractivity contribution is -0.138. The summed E-state index contributed by atoms with van der Waals surface area (Å²) < 4.78 is 20.4. The van der Waals surface area contributed by atoms with Crippen LogP contribution in [-0.4, -0.2) is 31.4 Å². The van der Waals surface area contributed by atoms with Gasteiger partial charge >= 0.3 is 5.97 Å². The molecule has 0 saturated heterocycles. The van der Waals surface area contributed by atoms with E-state index < -0.39 is 12.0 Å². The van der Waals surface area contributed by atoms with Gasteiger partial charge in [0.15, 0.2) is 4.80 Å². The Labute approximate surface area is 262 Å². The van der Waals surface area contributed by atoms with Crippen molar-refractivity contribution in [2.75, 3.05) is 20.8 Å². The molecule has 0 spiro atoms. The number of thiazole rings is 1. The first-order chi connectivity index (χ1) is 19.4. The maximum absolute atomic E-state index is 14.0. The van der Waals surface area contributed by atoms with E-state index in [0.717, 1.165) is 29.6 Å². The van der Waals surface area contributed by atoms with Gasteiger partial charge in [0.05, 0.1) is 49.8 Å². The Morgan fingerprint density at radius 3 is 2.30 bits per heavy atom. The average molecular weight is 778 g/mol. The van der Waals surface area contributed by atoms with Crippen molar-refractivity contribution in [3.05, 3.63) is 116 Å². The number of nitrogens with zero attached hydrogens (tertiary/aromatic N) is 2. The molecule has 1 aromatic heterocycles. The second-order valence-electron chi connectivity index (χ2n) is 8.72. The Balaban J connectivity index is 1.80. The lowest BCUT2D eigenvalue weighted by Gasteiger charge is -2.26. The Morgan fingerprint density at radius 2 is 1.70 bits per heavy atom. The molecule has 4 aromatic rings. The second kappa shape index (κ2) is 12.3. The highest BCUT2D eigenvalue weighted by Gasteiger charge is 2.35. The molecule has 0 radical (unpaired) electrons. The highest BCUT2D eigenvalue weighted by molar-refractivity contribution is 14.1. The number of methoxy groups -OCH3 is 2. The summed E-state index contributed by atoms with van der Waals surface area (Å²) in [5.74, 6) is 0.954. The van der Waals surface area contributed by atoms with E-state index >= 15 is 0 Å². The predicted octanol–water partition coefficient (Wildman–Crippen LogP) is 5.16. The topological polar surface area (TPSA) is 79.1 Å². The first kappa shape index (κ1) is 28.6. The van der Waals surface area contributed by atoms with Gasteiger partial charge in [-0.25, -0.2) is 9.79 Å². The van der Waals surface area contributed by atoms with E-state index in [2.05, 4.69) is 45.2 Å². The monoisotopic (exact) mass is 778 g/mol. The summed E-state index contributed by atoms with van der Waals surface area (Å²) in [5, 5.41) is 0. The molecule has 5 rings (SSSR count). The lowest BCUT2D eigenvalue weighted by Crippen LogP contribution is -2.40.